The van der Waals surface area contributed by atoms with Gasteiger partial charge >= 0.3 is 5.97 Å². The molecule has 2 heterocycles. The molecule has 8 heteroatoms. The van der Waals surface area contributed by atoms with Gasteiger partial charge in [-0.1, -0.05) is 23.1 Å². The summed E-state index contributed by atoms with van der Waals surface area (Å²) in [5.41, 5.74) is 0. The van der Waals surface area contributed by atoms with Crippen molar-refractivity contribution >= 4 is 34.2 Å². The van der Waals surface area contributed by atoms with Gasteiger partial charge in [-0.3, -0.25) is 4.79 Å². The van der Waals surface area contributed by atoms with E-state index < -0.39 is 5.97 Å². The zero-order chi connectivity index (χ0) is 13.1. The van der Waals surface area contributed by atoms with Crippen LogP contribution in [0, 0.1) is 0 Å². The van der Waals surface area contributed by atoms with E-state index >= 15 is 0 Å². The molecule has 1 aromatic heterocycles. The van der Waals surface area contributed by atoms with E-state index in [4.69, 9.17) is 9.84 Å². The summed E-state index contributed by atoms with van der Waals surface area (Å²) >= 11 is 2.64. The maximum absolute atomic E-state index is 10.5. The second-order valence-corrected chi connectivity index (χ2v) is 6.36. The largest absolute Gasteiger partial charge is 0.481 e. The van der Waals surface area contributed by atoms with E-state index in [0.29, 0.717) is 10.9 Å². The van der Waals surface area contributed by atoms with E-state index in [-0.39, 0.29) is 17.9 Å². The van der Waals surface area contributed by atoms with Crippen LogP contribution < -0.4 is 4.90 Å². The van der Waals surface area contributed by atoms with Gasteiger partial charge < -0.3 is 14.7 Å². The predicted molar refractivity (Wildman–Crippen MR) is 70.5 cm³/mol. The average Bonchev–Trinajstić information content (AvgIpc) is 2.78. The first-order valence-electron chi connectivity index (χ1n) is 5.62. The summed E-state index contributed by atoms with van der Waals surface area (Å²) in [5, 5.41) is 17.6. The minimum atomic E-state index is -0.842. The molecule has 1 aromatic rings. The maximum atomic E-state index is 10.5. The molecule has 1 saturated heterocycles. The molecule has 2 rings (SSSR count). The molecule has 1 fully saturated rings. The summed E-state index contributed by atoms with van der Waals surface area (Å²) in [6.07, 6.45) is 0.181. The molecular weight excluding hydrogens is 274 g/mol. The van der Waals surface area contributed by atoms with Gasteiger partial charge in [0, 0.05) is 6.54 Å². The van der Waals surface area contributed by atoms with Gasteiger partial charge in [0.05, 0.1) is 24.5 Å². The molecule has 6 nitrogen and oxygen atoms in total. The highest BCUT2D eigenvalue weighted by molar-refractivity contribution is 8.01. The van der Waals surface area contributed by atoms with Gasteiger partial charge in [0.25, 0.3) is 0 Å². The van der Waals surface area contributed by atoms with Crippen LogP contribution in [0.5, 0.6) is 0 Å². The van der Waals surface area contributed by atoms with E-state index in [2.05, 4.69) is 22.0 Å². The molecule has 2 unspecified atom stereocenters. The number of aliphatic carboxylic acids is 1. The first-order valence-corrected chi connectivity index (χ1v) is 7.43. The van der Waals surface area contributed by atoms with E-state index in [9.17, 15) is 4.79 Å². The van der Waals surface area contributed by atoms with Gasteiger partial charge in [-0.2, -0.15) is 0 Å². The number of rotatable bonds is 4. The Morgan fingerprint density at radius 3 is 3.11 bits per heavy atom. The van der Waals surface area contributed by atoms with Crippen molar-refractivity contribution in [1.82, 2.24) is 10.2 Å². The van der Waals surface area contributed by atoms with Crippen LogP contribution in [0.3, 0.4) is 0 Å². The Kier molecular flexibility index (Phi) is 4.41. The zero-order valence-electron chi connectivity index (χ0n) is 10.2. The second kappa shape index (κ2) is 5.85. The number of hydrogen-bond donors (Lipinski definition) is 1. The summed E-state index contributed by atoms with van der Waals surface area (Å²) in [6, 6.07) is 0.270. The molecule has 0 aromatic carbocycles. The lowest BCUT2D eigenvalue weighted by Gasteiger charge is -2.36. The number of carbonyl (C=O) groups is 1. The van der Waals surface area contributed by atoms with Gasteiger partial charge in [0.2, 0.25) is 5.13 Å². The molecule has 1 aliphatic heterocycles. The Labute approximate surface area is 113 Å². The number of morpholine rings is 1. The summed E-state index contributed by atoms with van der Waals surface area (Å²) < 4.78 is 6.25. The van der Waals surface area contributed by atoms with Gasteiger partial charge in [0.1, 0.15) is 0 Å². The number of thioether (sulfide) groups is 1. The Bertz CT molecular complexity index is 426. The molecule has 2 atom stereocenters. The smallest absolute Gasteiger partial charge is 0.313 e. The molecule has 0 amide bonds. The molecule has 0 saturated carbocycles. The van der Waals surface area contributed by atoms with Crippen molar-refractivity contribution < 1.29 is 14.6 Å². The highest BCUT2D eigenvalue weighted by Crippen LogP contribution is 2.30. The van der Waals surface area contributed by atoms with Crippen molar-refractivity contribution in [2.75, 3.05) is 23.8 Å². The van der Waals surface area contributed by atoms with Crippen molar-refractivity contribution in [2.24, 2.45) is 0 Å². The summed E-state index contributed by atoms with van der Waals surface area (Å²) in [5.74, 6) is -0.825. The standard InChI is InChI=1S/C10H15N3O3S2/c1-6-4-16-7(2)3-13(6)9-11-12-10(18-9)17-5-8(14)15/h6-7H,3-5H2,1-2H3,(H,14,15). The monoisotopic (exact) mass is 289 g/mol. The van der Waals surface area contributed by atoms with Crippen molar-refractivity contribution in [3.8, 4) is 0 Å². The molecule has 100 valence electrons. The number of ether oxygens (including phenoxy) is 1. The molecule has 0 radical (unpaired) electrons. The van der Waals surface area contributed by atoms with Gasteiger partial charge in [0.15, 0.2) is 4.34 Å². The van der Waals surface area contributed by atoms with Gasteiger partial charge in [-0.25, -0.2) is 0 Å². The molecule has 0 bridgehead atoms. The highest BCUT2D eigenvalue weighted by Gasteiger charge is 2.26. The quantitative estimate of drug-likeness (QED) is 0.838. The number of aromatic nitrogens is 2. The third-order valence-electron chi connectivity index (χ3n) is 2.57. The Morgan fingerprint density at radius 2 is 2.39 bits per heavy atom. The minimum Gasteiger partial charge on any atom is -0.481 e. The van der Waals surface area contributed by atoms with E-state index in [1.807, 2.05) is 6.92 Å². The number of carboxylic acids is 1. The average molecular weight is 289 g/mol. The van der Waals surface area contributed by atoms with Crippen LogP contribution >= 0.6 is 23.1 Å². The van der Waals surface area contributed by atoms with E-state index in [1.54, 1.807) is 0 Å². The first kappa shape index (κ1) is 13.6. The van der Waals surface area contributed by atoms with Crippen LogP contribution in [0.1, 0.15) is 13.8 Å². The molecule has 1 aliphatic rings. The fourth-order valence-corrected chi connectivity index (χ4v) is 3.34. The molecule has 0 spiro atoms. The lowest BCUT2D eigenvalue weighted by molar-refractivity contribution is -0.133. The van der Waals surface area contributed by atoms with Crippen LogP contribution in [0.25, 0.3) is 0 Å². The van der Waals surface area contributed by atoms with Crippen molar-refractivity contribution in [1.29, 1.82) is 0 Å². The second-order valence-electron chi connectivity index (χ2n) is 4.18. The summed E-state index contributed by atoms with van der Waals surface area (Å²) in [4.78, 5) is 12.6. The third-order valence-corrected chi connectivity index (χ3v) is 4.65. The molecular formula is C10H15N3O3S2. The zero-order valence-corrected chi connectivity index (χ0v) is 11.8. The van der Waals surface area contributed by atoms with Crippen LogP contribution in [0.15, 0.2) is 4.34 Å². The normalized spacial score (nSPS) is 24.2. The van der Waals surface area contributed by atoms with E-state index in [1.165, 1.54) is 23.1 Å². The van der Waals surface area contributed by atoms with Crippen molar-refractivity contribution in [3.05, 3.63) is 0 Å². The van der Waals surface area contributed by atoms with Crippen LogP contribution in [-0.4, -0.2) is 52.3 Å². The number of anilines is 1. The SMILES string of the molecule is CC1CN(c2nnc(SCC(=O)O)s2)C(C)CO1. The Morgan fingerprint density at radius 1 is 1.61 bits per heavy atom. The van der Waals surface area contributed by atoms with Gasteiger partial charge in [-0.05, 0) is 13.8 Å². The Hall–Kier alpha value is -0.860. The highest BCUT2D eigenvalue weighted by atomic mass is 32.2. The van der Waals surface area contributed by atoms with E-state index in [0.717, 1.165) is 11.7 Å². The summed E-state index contributed by atoms with van der Waals surface area (Å²) in [6.45, 7) is 5.58. The predicted octanol–water partition coefficient (Wildman–Crippen LogP) is 1.33. The first-order chi connectivity index (χ1) is 8.56. The van der Waals surface area contributed by atoms with Gasteiger partial charge in [-0.15, -0.1) is 10.2 Å². The fourth-order valence-electron chi connectivity index (χ4n) is 1.67. The molecule has 0 aliphatic carbocycles. The summed E-state index contributed by atoms with van der Waals surface area (Å²) in [7, 11) is 0. The lowest BCUT2D eigenvalue weighted by Crippen LogP contribution is -2.47. The minimum absolute atomic E-state index is 0.0176. The number of nitrogens with zero attached hydrogens (tertiary/aromatic N) is 3. The molecule has 1 N–H and O–H groups in total. The fraction of sp³-hybridized carbons (Fsp3) is 0.700. The number of carboxylic acid groups (broad SMARTS) is 1. The van der Waals surface area contributed by atoms with Crippen molar-refractivity contribution in [3.63, 3.8) is 0 Å². The third kappa shape index (κ3) is 3.33. The maximum Gasteiger partial charge on any atom is 0.313 e. The van der Waals surface area contributed by atoms with Crippen molar-refractivity contribution in [2.45, 2.75) is 30.3 Å². The Balaban J connectivity index is 2.02. The van der Waals surface area contributed by atoms with Crippen LogP contribution in [0.4, 0.5) is 5.13 Å². The molecule has 18 heavy (non-hydrogen) atoms. The van der Waals surface area contributed by atoms with Crippen LogP contribution in [0.2, 0.25) is 0 Å². The lowest BCUT2D eigenvalue weighted by atomic mass is 10.2. The van der Waals surface area contributed by atoms with Crippen LogP contribution in [-0.2, 0) is 9.53 Å². The number of hydrogen-bond acceptors (Lipinski definition) is 7. The topological polar surface area (TPSA) is 75.6 Å².